The van der Waals surface area contributed by atoms with Gasteiger partial charge >= 0.3 is 0 Å². The maximum Gasteiger partial charge on any atom is 0.195 e. The first-order valence-electron chi connectivity index (χ1n) is 11.7. The number of nitrogens with one attached hydrogen (secondary N) is 1. The van der Waals surface area contributed by atoms with Crippen LogP contribution >= 0.6 is 0 Å². The molecule has 178 valence electrons. The third kappa shape index (κ3) is 4.33. The molecule has 8 nitrogen and oxygen atoms in total. The van der Waals surface area contributed by atoms with Gasteiger partial charge in [0.1, 0.15) is 11.1 Å². The number of H-pyrrole nitrogens is 1. The molecule has 1 aliphatic rings. The summed E-state index contributed by atoms with van der Waals surface area (Å²) in [6.45, 7) is 5.07. The van der Waals surface area contributed by atoms with Gasteiger partial charge in [-0.1, -0.05) is 6.07 Å². The van der Waals surface area contributed by atoms with E-state index in [0.29, 0.717) is 34.5 Å². The molecule has 0 bridgehead atoms. The Hall–Kier alpha value is -3.52. The van der Waals surface area contributed by atoms with E-state index in [1.807, 2.05) is 0 Å². The number of imidazole rings is 1. The predicted octanol–water partition coefficient (Wildman–Crippen LogP) is 3.83. The number of benzene rings is 2. The quantitative estimate of drug-likeness (QED) is 0.399. The van der Waals surface area contributed by atoms with Crippen LogP contribution in [0.1, 0.15) is 18.4 Å². The highest BCUT2D eigenvalue weighted by molar-refractivity contribution is 5.88. The molecule has 1 fully saturated rings. The summed E-state index contributed by atoms with van der Waals surface area (Å²) in [5.74, 6) is 1.08. The first-order chi connectivity index (χ1) is 16.7. The molecule has 0 amide bonds. The van der Waals surface area contributed by atoms with Crippen molar-refractivity contribution < 1.29 is 13.9 Å². The Balaban J connectivity index is 1.14. The predicted molar refractivity (Wildman–Crippen MR) is 133 cm³/mol. The van der Waals surface area contributed by atoms with Crippen LogP contribution in [0.25, 0.3) is 22.0 Å². The van der Waals surface area contributed by atoms with Crippen molar-refractivity contribution in [1.29, 1.82) is 0 Å². The van der Waals surface area contributed by atoms with E-state index in [1.165, 1.54) is 5.69 Å². The van der Waals surface area contributed by atoms with Crippen LogP contribution in [0.5, 0.6) is 11.5 Å². The van der Waals surface area contributed by atoms with Crippen molar-refractivity contribution in [3.05, 3.63) is 58.7 Å². The second-order valence-corrected chi connectivity index (χ2v) is 8.66. The maximum absolute atomic E-state index is 13.0. The zero-order chi connectivity index (χ0) is 23.5. The lowest BCUT2D eigenvalue weighted by Gasteiger charge is -2.36. The van der Waals surface area contributed by atoms with Gasteiger partial charge in [-0.05, 0) is 44.0 Å². The van der Waals surface area contributed by atoms with Gasteiger partial charge in [-0.2, -0.15) is 0 Å². The minimum Gasteiger partial charge on any atom is -0.493 e. The van der Waals surface area contributed by atoms with Crippen molar-refractivity contribution in [2.24, 2.45) is 0 Å². The number of hydrogen-bond acceptors (Lipinski definition) is 7. The average Bonchev–Trinajstić information content (AvgIpc) is 3.36. The van der Waals surface area contributed by atoms with Crippen LogP contribution in [0.2, 0.25) is 0 Å². The van der Waals surface area contributed by atoms with E-state index in [9.17, 15) is 4.79 Å². The molecule has 0 saturated carbocycles. The number of para-hydroxylation sites is 1. The Morgan fingerprint density at radius 2 is 1.85 bits per heavy atom. The van der Waals surface area contributed by atoms with E-state index in [1.54, 1.807) is 38.9 Å². The topological polar surface area (TPSA) is 83.8 Å². The molecule has 3 heterocycles. The first-order valence-corrected chi connectivity index (χ1v) is 11.7. The molecule has 0 atom stereocenters. The summed E-state index contributed by atoms with van der Waals surface area (Å²) in [4.78, 5) is 25.6. The molecule has 1 N–H and O–H groups in total. The zero-order valence-electron chi connectivity index (χ0n) is 19.7. The van der Waals surface area contributed by atoms with E-state index >= 15 is 0 Å². The molecule has 0 radical (unpaired) electrons. The number of unbranched alkanes of at least 4 members (excludes halogenated alkanes) is 1. The van der Waals surface area contributed by atoms with Crippen molar-refractivity contribution >= 4 is 27.7 Å². The smallest absolute Gasteiger partial charge is 0.195 e. The molecular weight excluding hydrogens is 432 g/mol. The summed E-state index contributed by atoms with van der Waals surface area (Å²) in [5.41, 5.74) is 4.54. The minimum atomic E-state index is 0.00311. The summed E-state index contributed by atoms with van der Waals surface area (Å²) in [6, 6.07) is 9.70. The van der Waals surface area contributed by atoms with Crippen molar-refractivity contribution in [3.63, 3.8) is 0 Å². The van der Waals surface area contributed by atoms with E-state index in [2.05, 4.69) is 38.0 Å². The highest BCUT2D eigenvalue weighted by atomic mass is 16.5. The van der Waals surface area contributed by atoms with Crippen LogP contribution in [0, 0.1) is 0 Å². The SMILES string of the molecule is COc1cc2occ(CCCCN3CCN(c4cccc5[nH]cnc45)CC3)c(=O)c2cc1OC. The van der Waals surface area contributed by atoms with Crippen molar-refractivity contribution in [2.45, 2.75) is 19.3 Å². The lowest BCUT2D eigenvalue weighted by molar-refractivity contribution is 0.253. The number of ether oxygens (including phenoxy) is 2. The average molecular weight is 463 g/mol. The van der Waals surface area contributed by atoms with Crippen molar-refractivity contribution in [3.8, 4) is 11.5 Å². The number of piperazine rings is 1. The number of methoxy groups -OCH3 is 2. The number of anilines is 1. The summed E-state index contributed by atoms with van der Waals surface area (Å²) in [5, 5.41) is 0.526. The number of aromatic amines is 1. The number of aromatic nitrogens is 2. The Morgan fingerprint density at radius 3 is 2.65 bits per heavy atom. The van der Waals surface area contributed by atoms with E-state index in [0.717, 1.165) is 56.6 Å². The van der Waals surface area contributed by atoms with Gasteiger partial charge in [-0.15, -0.1) is 0 Å². The standard InChI is InChI=1S/C26H30N4O4/c1-32-23-14-19-22(15-24(23)33-2)34-16-18(26(19)31)6-3-4-9-29-10-12-30(13-11-29)21-8-5-7-20-25(21)28-17-27-20/h5,7-8,14-17H,3-4,6,9-13H2,1-2H3,(H,27,28). The second kappa shape index (κ2) is 9.77. The van der Waals surface area contributed by atoms with Crippen LogP contribution < -0.4 is 19.8 Å². The highest BCUT2D eigenvalue weighted by Gasteiger charge is 2.19. The van der Waals surface area contributed by atoms with Gasteiger partial charge in [0.05, 0.1) is 43.4 Å². The number of hydrogen-bond donors (Lipinski definition) is 1. The summed E-state index contributed by atoms with van der Waals surface area (Å²) < 4.78 is 16.4. The van der Waals surface area contributed by atoms with E-state index in [4.69, 9.17) is 13.9 Å². The maximum atomic E-state index is 13.0. The zero-order valence-corrected chi connectivity index (χ0v) is 19.7. The third-order valence-electron chi connectivity index (χ3n) is 6.66. The summed E-state index contributed by atoms with van der Waals surface area (Å²) >= 11 is 0. The lowest BCUT2D eigenvalue weighted by atomic mass is 10.1. The Bertz CT molecular complexity index is 1340. The van der Waals surface area contributed by atoms with Gasteiger partial charge < -0.3 is 23.8 Å². The largest absolute Gasteiger partial charge is 0.493 e. The normalized spacial score (nSPS) is 14.7. The number of aryl methyl sites for hydroxylation is 1. The van der Waals surface area contributed by atoms with Gasteiger partial charge in [0.2, 0.25) is 0 Å². The van der Waals surface area contributed by atoms with E-state index in [-0.39, 0.29) is 5.43 Å². The van der Waals surface area contributed by atoms with Crippen LogP contribution in [-0.2, 0) is 6.42 Å². The summed E-state index contributed by atoms with van der Waals surface area (Å²) in [7, 11) is 3.13. The fourth-order valence-electron chi connectivity index (χ4n) is 4.74. The molecule has 1 aliphatic heterocycles. The van der Waals surface area contributed by atoms with Gasteiger partial charge in [0, 0.05) is 37.8 Å². The fourth-order valence-corrected chi connectivity index (χ4v) is 4.74. The molecule has 2 aromatic carbocycles. The Kier molecular flexibility index (Phi) is 6.40. The lowest BCUT2D eigenvalue weighted by Crippen LogP contribution is -2.46. The molecule has 0 spiro atoms. The van der Waals surface area contributed by atoms with Crippen LogP contribution in [-0.4, -0.2) is 61.8 Å². The number of nitrogens with zero attached hydrogens (tertiary/aromatic N) is 3. The van der Waals surface area contributed by atoms with Gasteiger partial charge in [0.25, 0.3) is 0 Å². The minimum absolute atomic E-state index is 0.00311. The number of rotatable bonds is 8. The molecule has 0 aliphatic carbocycles. The monoisotopic (exact) mass is 462 g/mol. The molecule has 4 aromatic rings. The van der Waals surface area contributed by atoms with Crippen LogP contribution in [0.15, 0.2) is 52.1 Å². The van der Waals surface area contributed by atoms with Crippen molar-refractivity contribution in [2.75, 3.05) is 51.8 Å². The molecule has 8 heteroatoms. The Morgan fingerprint density at radius 1 is 1.06 bits per heavy atom. The van der Waals surface area contributed by atoms with Gasteiger partial charge in [-0.3, -0.25) is 9.69 Å². The third-order valence-corrected chi connectivity index (χ3v) is 6.66. The molecule has 2 aromatic heterocycles. The fraction of sp³-hybridized carbons (Fsp3) is 0.385. The molecule has 5 rings (SSSR count). The molecular formula is C26H30N4O4. The second-order valence-electron chi connectivity index (χ2n) is 8.66. The van der Waals surface area contributed by atoms with Crippen LogP contribution in [0.4, 0.5) is 5.69 Å². The first kappa shape index (κ1) is 22.3. The van der Waals surface area contributed by atoms with Crippen molar-refractivity contribution in [1.82, 2.24) is 14.9 Å². The van der Waals surface area contributed by atoms with Gasteiger partial charge in [0.15, 0.2) is 16.9 Å². The summed E-state index contributed by atoms with van der Waals surface area (Å²) in [6.07, 6.45) is 6.03. The molecule has 1 saturated heterocycles. The molecule has 0 unspecified atom stereocenters. The van der Waals surface area contributed by atoms with E-state index < -0.39 is 0 Å². The van der Waals surface area contributed by atoms with Crippen LogP contribution in [0.3, 0.4) is 0 Å². The Labute approximate surface area is 198 Å². The number of fused-ring (bicyclic) bond motifs is 2. The molecule has 34 heavy (non-hydrogen) atoms. The highest BCUT2D eigenvalue weighted by Crippen LogP contribution is 2.31. The van der Waals surface area contributed by atoms with Gasteiger partial charge in [-0.25, -0.2) is 4.98 Å².